The molecule has 1 N–H and O–H groups in total. The molecular formula is C11H10F3NO3. The number of benzene rings is 1. The van der Waals surface area contributed by atoms with Gasteiger partial charge in [-0.2, -0.15) is 13.2 Å². The van der Waals surface area contributed by atoms with E-state index in [0.717, 1.165) is 12.1 Å². The van der Waals surface area contributed by atoms with Gasteiger partial charge >= 0.3 is 12.1 Å². The smallest absolute Gasteiger partial charge is 0.416 e. The Kier molecular flexibility index (Phi) is 3.06. The van der Waals surface area contributed by atoms with E-state index in [0.29, 0.717) is 0 Å². The minimum Gasteiger partial charge on any atom is -0.475 e. The van der Waals surface area contributed by atoms with E-state index in [-0.39, 0.29) is 18.0 Å². The molecule has 7 heteroatoms. The number of carbonyl (C=O) groups is 1. The van der Waals surface area contributed by atoms with Crippen LogP contribution in [0.25, 0.3) is 0 Å². The van der Waals surface area contributed by atoms with E-state index in [1.807, 2.05) is 0 Å². The monoisotopic (exact) mass is 261 g/mol. The Bertz CT molecular complexity index is 473. The van der Waals surface area contributed by atoms with Crippen molar-refractivity contribution < 1.29 is 27.4 Å². The molecule has 0 saturated carbocycles. The van der Waals surface area contributed by atoms with Crippen LogP contribution in [0.4, 0.5) is 18.9 Å². The van der Waals surface area contributed by atoms with Gasteiger partial charge in [0.05, 0.1) is 24.9 Å². The van der Waals surface area contributed by atoms with Gasteiger partial charge in [-0.1, -0.05) is 0 Å². The first-order chi connectivity index (χ1) is 8.41. The molecule has 1 atom stereocenters. The van der Waals surface area contributed by atoms with Crippen LogP contribution in [-0.2, 0) is 15.7 Å². The summed E-state index contributed by atoms with van der Waals surface area (Å²) in [5, 5.41) is 2.71. The van der Waals surface area contributed by atoms with E-state index < -0.39 is 23.8 Å². The van der Waals surface area contributed by atoms with Gasteiger partial charge in [-0.15, -0.1) is 0 Å². The fraction of sp³-hybridized carbons (Fsp3) is 0.364. The van der Waals surface area contributed by atoms with Gasteiger partial charge in [-0.25, -0.2) is 4.79 Å². The summed E-state index contributed by atoms with van der Waals surface area (Å²) < 4.78 is 47.2. The van der Waals surface area contributed by atoms with Crippen molar-refractivity contribution in [3.8, 4) is 5.75 Å². The van der Waals surface area contributed by atoms with Crippen molar-refractivity contribution in [3.05, 3.63) is 23.8 Å². The third kappa shape index (κ3) is 2.34. The van der Waals surface area contributed by atoms with Crippen LogP contribution < -0.4 is 10.1 Å². The van der Waals surface area contributed by atoms with Crippen LogP contribution in [0.15, 0.2) is 18.2 Å². The van der Waals surface area contributed by atoms with E-state index in [4.69, 9.17) is 4.74 Å². The molecule has 0 aliphatic carbocycles. The summed E-state index contributed by atoms with van der Waals surface area (Å²) in [5.41, 5.74) is -0.557. The number of ether oxygens (including phenoxy) is 2. The van der Waals surface area contributed by atoms with Gasteiger partial charge in [0, 0.05) is 0 Å². The number of hydrogen-bond acceptors (Lipinski definition) is 4. The Hall–Kier alpha value is -1.92. The van der Waals surface area contributed by atoms with Crippen LogP contribution in [-0.4, -0.2) is 25.7 Å². The highest BCUT2D eigenvalue weighted by atomic mass is 19.4. The second kappa shape index (κ2) is 4.40. The average molecular weight is 261 g/mol. The fourth-order valence-corrected chi connectivity index (χ4v) is 1.61. The van der Waals surface area contributed by atoms with Gasteiger partial charge in [0.25, 0.3) is 0 Å². The van der Waals surface area contributed by atoms with E-state index >= 15 is 0 Å². The summed E-state index contributed by atoms with van der Waals surface area (Å²) in [6.07, 6.45) is -5.25. The van der Waals surface area contributed by atoms with Crippen molar-refractivity contribution in [3.63, 3.8) is 0 Å². The van der Waals surface area contributed by atoms with Gasteiger partial charge in [0.15, 0.2) is 0 Å². The van der Waals surface area contributed by atoms with Gasteiger partial charge in [-0.05, 0) is 18.2 Å². The molecule has 1 aromatic rings. The molecule has 98 valence electrons. The van der Waals surface area contributed by atoms with Crippen LogP contribution in [0, 0.1) is 0 Å². The summed E-state index contributed by atoms with van der Waals surface area (Å²) in [7, 11) is 1.22. The highest BCUT2D eigenvalue weighted by molar-refractivity contribution is 5.77. The quantitative estimate of drug-likeness (QED) is 0.786. The summed E-state index contributed by atoms with van der Waals surface area (Å²) in [6, 6.07) is 3.03. The molecule has 1 aliphatic rings. The molecule has 0 amide bonds. The lowest BCUT2D eigenvalue weighted by Crippen LogP contribution is -2.38. The third-order valence-electron chi connectivity index (χ3n) is 2.52. The van der Waals surface area contributed by atoms with Crippen molar-refractivity contribution in [1.82, 2.24) is 0 Å². The molecular weight excluding hydrogens is 251 g/mol. The Morgan fingerprint density at radius 1 is 1.50 bits per heavy atom. The molecule has 0 bridgehead atoms. The highest BCUT2D eigenvalue weighted by Gasteiger charge is 2.33. The van der Waals surface area contributed by atoms with Crippen LogP contribution in [0.1, 0.15) is 5.56 Å². The lowest BCUT2D eigenvalue weighted by atomic mass is 10.1. The maximum atomic E-state index is 12.5. The summed E-state index contributed by atoms with van der Waals surface area (Å²) >= 11 is 0. The zero-order valence-electron chi connectivity index (χ0n) is 9.38. The van der Waals surface area contributed by atoms with E-state index in [1.165, 1.54) is 13.2 Å². The summed E-state index contributed by atoms with van der Waals surface area (Å²) in [6.45, 7) is 0.0704. The summed E-state index contributed by atoms with van der Waals surface area (Å²) in [4.78, 5) is 11.2. The lowest BCUT2D eigenvalue weighted by Gasteiger charge is -2.26. The van der Waals surface area contributed by atoms with E-state index in [1.54, 1.807) is 0 Å². The first kappa shape index (κ1) is 12.5. The number of nitrogens with one attached hydrogen (secondary N) is 1. The number of alkyl halides is 3. The van der Waals surface area contributed by atoms with Crippen LogP contribution >= 0.6 is 0 Å². The minimum atomic E-state index is -4.41. The molecule has 1 unspecified atom stereocenters. The molecule has 0 fully saturated rings. The predicted molar refractivity (Wildman–Crippen MR) is 56.4 cm³/mol. The Morgan fingerprint density at radius 3 is 2.83 bits per heavy atom. The minimum absolute atomic E-state index is 0.0704. The number of hydrogen-bond donors (Lipinski definition) is 1. The molecule has 4 nitrogen and oxygen atoms in total. The van der Waals surface area contributed by atoms with Crippen LogP contribution in [0.2, 0.25) is 0 Å². The molecule has 1 aliphatic heterocycles. The number of rotatable bonds is 1. The standard InChI is InChI=1S/C11H10F3NO3/c1-17-10(16)9-5-15-7-4-6(11(12,13)14)2-3-8(7)18-9/h2-4,9,15H,5H2,1H3. The fourth-order valence-electron chi connectivity index (χ4n) is 1.61. The molecule has 0 radical (unpaired) electrons. The molecule has 0 aromatic heterocycles. The van der Waals surface area contributed by atoms with Crippen molar-refractivity contribution >= 4 is 11.7 Å². The number of halogens is 3. The zero-order valence-corrected chi connectivity index (χ0v) is 9.38. The van der Waals surface area contributed by atoms with E-state index in [2.05, 4.69) is 10.1 Å². The largest absolute Gasteiger partial charge is 0.475 e. The highest BCUT2D eigenvalue weighted by Crippen LogP contribution is 2.36. The maximum absolute atomic E-state index is 12.5. The first-order valence-corrected chi connectivity index (χ1v) is 5.11. The number of anilines is 1. The Balaban J connectivity index is 2.24. The number of esters is 1. The summed E-state index contributed by atoms with van der Waals surface area (Å²) in [5.74, 6) is -0.377. The maximum Gasteiger partial charge on any atom is 0.416 e. The number of methoxy groups -OCH3 is 1. The molecule has 18 heavy (non-hydrogen) atoms. The van der Waals surface area contributed by atoms with Gasteiger partial charge in [0.1, 0.15) is 5.75 Å². The van der Waals surface area contributed by atoms with Crippen molar-refractivity contribution in [1.29, 1.82) is 0 Å². The van der Waals surface area contributed by atoms with Crippen LogP contribution in [0.5, 0.6) is 5.75 Å². The lowest BCUT2D eigenvalue weighted by molar-refractivity contribution is -0.148. The second-order valence-corrected chi connectivity index (χ2v) is 3.72. The van der Waals surface area contributed by atoms with Gasteiger partial charge in [-0.3, -0.25) is 0 Å². The SMILES string of the molecule is COC(=O)C1CNc2cc(C(F)(F)F)ccc2O1. The average Bonchev–Trinajstić information content (AvgIpc) is 2.35. The number of fused-ring (bicyclic) bond motifs is 1. The topological polar surface area (TPSA) is 47.6 Å². The molecule has 0 saturated heterocycles. The van der Waals surface area contributed by atoms with Crippen molar-refractivity contribution in [2.24, 2.45) is 0 Å². The molecule has 0 spiro atoms. The van der Waals surface area contributed by atoms with Crippen molar-refractivity contribution in [2.45, 2.75) is 12.3 Å². The van der Waals surface area contributed by atoms with Crippen molar-refractivity contribution in [2.75, 3.05) is 19.0 Å². The number of carbonyl (C=O) groups excluding carboxylic acids is 1. The predicted octanol–water partition coefficient (Wildman–Crippen LogP) is 2.05. The molecule has 2 rings (SSSR count). The van der Waals surface area contributed by atoms with Gasteiger partial charge in [0.2, 0.25) is 6.10 Å². The zero-order chi connectivity index (χ0) is 13.3. The Labute approximate surface area is 101 Å². The van der Waals surface area contributed by atoms with Crippen LogP contribution in [0.3, 0.4) is 0 Å². The third-order valence-corrected chi connectivity index (χ3v) is 2.52. The molecule has 1 aromatic carbocycles. The first-order valence-electron chi connectivity index (χ1n) is 5.11. The molecule has 1 heterocycles. The van der Waals surface area contributed by atoms with E-state index in [9.17, 15) is 18.0 Å². The Morgan fingerprint density at radius 2 is 2.22 bits per heavy atom. The second-order valence-electron chi connectivity index (χ2n) is 3.72. The normalized spacial score (nSPS) is 18.3. The van der Waals surface area contributed by atoms with Gasteiger partial charge < -0.3 is 14.8 Å².